The molecule has 252 valence electrons. The molecule has 0 fully saturated rings. The summed E-state index contributed by atoms with van der Waals surface area (Å²) in [6.45, 7) is 1.65. The van der Waals surface area contributed by atoms with Crippen molar-refractivity contribution in [3.63, 3.8) is 0 Å². The molecule has 0 spiro atoms. The minimum atomic E-state index is -7.95. The normalized spacial score (nSPS) is 14.7. The third kappa shape index (κ3) is 10.6. The van der Waals surface area contributed by atoms with Gasteiger partial charge in [0.05, 0.1) is 25.7 Å². The third-order valence-electron chi connectivity index (χ3n) is 6.45. The number of carbonyl (C=O) groups is 1. The highest BCUT2D eigenvalue weighted by atomic mass is 19.4. The molecule has 0 amide bonds. The van der Waals surface area contributed by atoms with Crippen molar-refractivity contribution in [2.24, 2.45) is 5.92 Å². The predicted molar refractivity (Wildman–Crippen MR) is 124 cm³/mol. The lowest BCUT2D eigenvalue weighted by Crippen LogP contribution is -2.70. The molecule has 0 aliphatic carbocycles. The number of unbranched alkanes of at least 4 members (excludes halogenated alkanes) is 7. The summed E-state index contributed by atoms with van der Waals surface area (Å²) in [7, 11) is 1.37. The van der Waals surface area contributed by atoms with Crippen LogP contribution in [-0.2, 0) is 19.0 Å². The molecule has 4 nitrogen and oxygen atoms in total. The Balaban J connectivity index is 5.58. The highest BCUT2D eigenvalue weighted by molar-refractivity contribution is 5.72. The van der Waals surface area contributed by atoms with Crippen molar-refractivity contribution in [2.45, 2.75) is 113 Å². The van der Waals surface area contributed by atoms with E-state index in [-0.39, 0.29) is 32.7 Å². The largest absolute Gasteiger partial charge is 0.463 e. The molecule has 0 aromatic carbocycles. The topological polar surface area (TPSA) is 44.8 Å². The molecule has 0 aromatic heterocycles. The molecular weight excluding hydrogens is 611 g/mol. The Kier molecular flexibility index (Phi) is 16.5. The zero-order chi connectivity index (χ0) is 32.9. The number of halogens is 13. The van der Waals surface area contributed by atoms with Gasteiger partial charge in [-0.25, -0.2) is 0 Å². The van der Waals surface area contributed by atoms with Gasteiger partial charge in [0.15, 0.2) is 0 Å². The van der Waals surface area contributed by atoms with Crippen molar-refractivity contribution in [2.75, 3.05) is 33.5 Å². The number of ether oxygens (including phenoxy) is 3. The molecule has 0 radical (unpaired) electrons. The SMILES string of the molecule is CCCCCCCCCCC(CCC(F)(F)C(F)(F)C(F)(F)C(F)(F)C(F)(F)C(F)(F)F)C(=O)OCCOCCOC. The Morgan fingerprint density at radius 3 is 1.57 bits per heavy atom. The second-order valence-electron chi connectivity index (χ2n) is 9.77. The minimum Gasteiger partial charge on any atom is -0.463 e. The first-order chi connectivity index (χ1) is 19.2. The van der Waals surface area contributed by atoms with Crippen molar-refractivity contribution >= 4 is 5.97 Å². The fourth-order valence-corrected chi connectivity index (χ4v) is 3.78. The van der Waals surface area contributed by atoms with Gasteiger partial charge in [-0.05, 0) is 12.8 Å². The molecule has 0 heterocycles. The van der Waals surface area contributed by atoms with Gasteiger partial charge in [-0.2, -0.15) is 57.1 Å². The first-order valence-corrected chi connectivity index (χ1v) is 13.3. The van der Waals surface area contributed by atoms with Gasteiger partial charge in [0.2, 0.25) is 0 Å². The number of esters is 1. The smallest absolute Gasteiger partial charge is 0.460 e. The van der Waals surface area contributed by atoms with Crippen molar-refractivity contribution < 1.29 is 76.1 Å². The molecule has 0 rings (SSSR count). The molecule has 0 saturated carbocycles. The van der Waals surface area contributed by atoms with Crippen LogP contribution in [-0.4, -0.2) is 75.3 Å². The van der Waals surface area contributed by atoms with Gasteiger partial charge in [-0.3, -0.25) is 4.79 Å². The number of hydrogen-bond acceptors (Lipinski definition) is 4. The number of alkyl halides is 13. The lowest BCUT2D eigenvalue weighted by Gasteiger charge is -2.40. The van der Waals surface area contributed by atoms with E-state index in [1.165, 1.54) is 7.11 Å². The Morgan fingerprint density at radius 1 is 0.595 bits per heavy atom. The van der Waals surface area contributed by atoms with Gasteiger partial charge in [0.25, 0.3) is 0 Å². The second-order valence-corrected chi connectivity index (χ2v) is 9.77. The van der Waals surface area contributed by atoms with Gasteiger partial charge >= 0.3 is 41.8 Å². The van der Waals surface area contributed by atoms with Crippen LogP contribution in [0, 0.1) is 5.92 Å². The summed E-state index contributed by atoms with van der Waals surface area (Å²) >= 11 is 0. The zero-order valence-corrected chi connectivity index (χ0v) is 23.2. The van der Waals surface area contributed by atoms with Crippen LogP contribution in [0.25, 0.3) is 0 Å². The van der Waals surface area contributed by atoms with Crippen molar-refractivity contribution in [1.82, 2.24) is 0 Å². The van der Waals surface area contributed by atoms with Crippen molar-refractivity contribution in [1.29, 1.82) is 0 Å². The summed E-state index contributed by atoms with van der Waals surface area (Å²) < 4.78 is 189. The van der Waals surface area contributed by atoms with Crippen LogP contribution in [0.4, 0.5) is 57.1 Å². The standard InChI is InChI=1S/C25H37F13O4/c1-3-4-5-6-7-8-9-10-11-18(19(39)42-17-16-41-15-14-40-2)12-13-20(26,27)21(28,29)22(30,31)23(32,33)24(34,35)25(36,37)38/h18H,3-17H2,1-2H3. The van der Waals surface area contributed by atoms with Gasteiger partial charge < -0.3 is 14.2 Å². The zero-order valence-electron chi connectivity index (χ0n) is 23.2. The van der Waals surface area contributed by atoms with Gasteiger partial charge in [0, 0.05) is 13.5 Å². The Bertz CT molecular complexity index is 774. The molecule has 0 N–H and O–H groups in total. The van der Waals surface area contributed by atoms with Crippen molar-refractivity contribution in [3.05, 3.63) is 0 Å². The monoisotopic (exact) mass is 648 g/mol. The summed E-state index contributed by atoms with van der Waals surface area (Å²) in [4.78, 5) is 12.4. The predicted octanol–water partition coefficient (Wildman–Crippen LogP) is 8.86. The van der Waals surface area contributed by atoms with E-state index < -0.39 is 67.1 Å². The van der Waals surface area contributed by atoms with E-state index in [4.69, 9.17) is 14.2 Å². The fourth-order valence-electron chi connectivity index (χ4n) is 3.78. The number of methoxy groups -OCH3 is 1. The summed E-state index contributed by atoms with van der Waals surface area (Å²) in [6.07, 6.45) is -5.54. The van der Waals surface area contributed by atoms with Gasteiger partial charge in [-0.1, -0.05) is 58.3 Å². The molecule has 1 unspecified atom stereocenters. The summed E-state index contributed by atoms with van der Waals surface area (Å²) in [5.74, 6) is -40.1. The molecule has 1 atom stereocenters. The number of rotatable bonds is 23. The maximum absolute atomic E-state index is 14.3. The number of carbonyl (C=O) groups excluding carboxylic acids is 1. The Hall–Kier alpha value is -1.52. The van der Waals surface area contributed by atoms with E-state index in [9.17, 15) is 61.9 Å². The minimum absolute atomic E-state index is 0.0866. The van der Waals surface area contributed by atoms with Crippen LogP contribution in [0.5, 0.6) is 0 Å². The fraction of sp³-hybridized carbons (Fsp3) is 0.960. The van der Waals surface area contributed by atoms with E-state index in [1.807, 2.05) is 6.92 Å². The van der Waals surface area contributed by atoms with Crippen molar-refractivity contribution in [3.8, 4) is 0 Å². The maximum Gasteiger partial charge on any atom is 0.460 e. The van der Waals surface area contributed by atoms with Gasteiger partial charge in [0.1, 0.15) is 6.61 Å². The van der Waals surface area contributed by atoms with E-state index in [1.54, 1.807) is 0 Å². The van der Waals surface area contributed by atoms with Crippen LogP contribution in [0.15, 0.2) is 0 Å². The highest BCUT2D eigenvalue weighted by Crippen LogP contribution is 2.60. The van der Waals surface area contributed by atoms with E-state index in [0.29, 0.717) is 12.8 Å². The summed E-state index contributed by atoms with van der Waals surface area (Å²) in [5, 5.41) is 0. The first-order valence-electron chi connectivity index (χ1n) is 13.3. The number of hydrogen-bond donors (Lipinski definition) is 0. The van der Waals surface area contributed by atoms with Crippen LogP contribution < -0.4 is 0 Å². The quantitative estimate of drug-likeness (QED) is 0.0631. The molecular formula is C25H37F13O4. The van der Waals surface area contributed by atoms with E-state index in [2.05, 4.69) is 0 Å². The summed E-state index contributed by atoms with van der Waals surface area (Å²) in [5.41, 5.74) is 0. The molecule has 17 heteroatoms. The Morgan fingerprint density at radius 2 is 1.07 bits per heavy atom. The van der Waals surface area contributed by atoms with Crippen LogP contribution in [0.2, 0.25) is 0 Å². The molecule has 0 aliphatic heterocycles. The summed E-state index contributed by atoms with van der Waals surface area (Å²) in [6, 6.07) is 0. The molecule has 0 aliphatic rings. The van der Waals surface area contributed by atoms with E-state index >= 15 is 0 Å². The average molecular weight is 649 g/mol. The van der Waals surface area contributed by atoms with Crippen LogP contribution in [0.1, 0.15) is 77.6 Å². The maximum atomic E-state index is 14.3. The molecule has 42 heavy (non-hydrogen) atoms. The van der Waals surface area contributed by atoms with Crippen LogP contribution >= 0.6 is 0 Å². The average Bonchev–Trinajstić information content (AvgIpc) is 2.88. The van der Waals surface area contributed by atoms with Gasteiger partial charge in [-0.15, -0.1) is 0 Å². The van der Waals surface area contributed by atoms with Crippen LogP contribution in [0.3, 0.4) is 0 Å². The third-order valence-corrected chi connectivity index (χ3v) is 6.45. The molecule has 0 saturated heterocycles. The lowest BCUT2D eigenvalue weighted by molar-refractivity contribution is -0.440. The Labute approximate surface area is 235 Å². The lowest BCUT2D eigenvalue weighted by atomic mass is 9.88. The van der Waals surface area contributed by atoms with E-state index in [0.717, 1.165) is 32.1 Å². The first kappa shape index (κ1) is 40.5. The molecule has 0 aromatic rings. The highest BCUT2D eigenvalue weighted by Gasteiger charge is 2.90. The molecule has 0 bridgehead atoms. The second kappa shape index (κ2) is 17.1.